The van der Waals surface area contributed by atoms with Gasteiger partial charge in [0.2, 0.25) is 11.8 Å². The number of anilines is 1. The van der Waals surface area contributed by atoms with Crippen molar-refractivity contribution < 1.29 is 18.0 Å². The second-order valence-corrected chi connectivity index (χ2v) is 13.8. The Hall–Kier alpha value is -3.07. The van der Waals surface area contributed by atoms with E-state index in [1.54, 1.807) is 48.5 Å². The first-order valence-corrected chi connectivity index (χ1v) is 16.9. The van der Waals surface area contributed by atoms with E-state index in [4.69, 9.17) is 23.2 Å². The predicted octanol–water partition coefficient (Wildman–Crippen LogP) is 7.06. The third-order valence-electron chi connectivity index (χ3n) is 7.91. The topological polar surface area (TPSA) is 86.8 Å². The van der Waals surface area contributed by atoms with E-state index in [1.807, 2.05) is 26.8 Å². The second kappa shape index (κ2) is 14.6. The van der Waals surface area contributed by atoms with E-state index in [0.29, 0.717) is 27.7 Å². The molecule has 1 atom stereocenters. The Morgan fingerprint density at radius 3 is 2.14 bits per heavy atom. The number of nitrogens with one attached hydrogen (secondary N) is 1. The van der Waals surface area contributed by atoms with Crippen molar-refractivity contribution in [1.29, 1.82) is 0 Å². The molecule has 1 aliphatic carbocycles. The lowest BCUT2D eigenvalue weighted by Gasteiger charge is -2.35. The molecule has 0 spiro atoms. The maximum atomic E-state index is 14.3. The van der Waals surface area contributed by atoms with Crippen LogP contribution in [0.5, 0.6) is 0 Å². The third-order valence-corrected chi connectivity index (χ3v) is 10.4. The van der Waals surface area contributed by atoms with Crippen LogP contribution >= 0.6 is 23.2 Å². The average molecular weight is 645 g/mol. The Morgan fingerprint density at radius 2 is 1.53 bits per heavy atom. The number of benzene rings is 3. The number of hydrogen-bond donors (Lipinski definition) is 1. The summed E-state index contributed by atoms with van der Waals surface area (Å²) in [5.74, 6) is -0.812. The Labute approximate surface area is 265 Å². The number of carbonyl (C=O) groups excluding carboxylic acids is 2. The molecule has 4 rings (SSSR count). The van der Waals surface area contributed by atoms with Gasteiger partial charge >= 0.3 is 0 Å². The van der Waals surface area contributed by atoms with Gasteiger partial charge in [-0.1, -0.05) is 85.3 Å². The van der Waals surface area contributed by atoms with Crippen LogP contribution in [0.2, 0.25) is 10.0 Å². The summed E-state index contributed by atoms with van der Waals surface area (Å²) in [4.78, 5) is 29.5. The number of aryl methyl sites for hydroxylation is 2. The second-order valence-electron chi connectivity index (χ2n) is 11.2. The molecule has 3 aromatic rings. The highest BCUT2D eigenvalue weighted by atomic mass is 35.5. The van der Waals surface area contributed by atoms with Crippen molar-refractivity contribution in [1.82, 2.24) is 10.2 Å². The lowest BCUT2D eigenvalue weighted by atomic mass is 9.95. The first-order valence-electron chi connectivity index (χ1n) is 14.7. The number of amides is 2. The molecular formula is C33H39Cl2N3O4S. The van der Waals surface area contributed by atoms with Crippen LogP contribution in [0.4, 0.5) is 5.69 Å². The number of hydrogen-bond acceptors (Lipinski definition) is 4. The lowest BCUT2D eigenvalue weighted by Crippen LogP contribution is -2.54. The monoisotopic (exact) mass is 643 g/mol. The molecule has 0 bridgehead atoms. The van der Waals surface area contributed by atoms with Gasteiger partial charge in [-0.2, -0.15) is 0 Å². The van der Waals surface area contributed by atoms with Crippen molar-refractivity contribution in [2.24, 2.45) is 0 Å². The molecule has 7 nitrogen and oxygen atoms in total. The minimum Gasteiger partial charge on any atom is -0.352 e. The van der Waals surface area contributed by atoms with Crippen LogP contribution in [0, 0.1) is 13.8 Å². The highest BCUT2D eigenvalue weighted by molar-refractivity contribution is 7.92. The minimum atomic E-state index is -4.15. The smallest absolute Gasteiger partial charge is 0.264 e. The molecule has 1 N–H and O–H groups in total. The highest BCUT2D eigenvalue weighted by Gasteiger charge is 2.35. The van der Waals surface area contributed by atoms with Crippen LogP contribution in [0.3, 0.4) is 0 Å². The summed E-state index contributed by atoms with van der Waals surface area (Å²) in [5, 5.41) is 3.86. The van der Waals surface area contributed by atoms with Gasteiger partial charge in [-0.15, -0.1) is 0 Å². The first kappa shape index (κ1) is 32.8. The zero-order chi connectivity index (χ0) is 31.1. The number of rotatable bonds is 11. The Bertz CT molecular complexity index is 1520. The Morgan fingerprint density at radius 1 is 0.907 bits per heavy atom. The van der Waals surface area contributed by atoms with Gasteiger partial charge in [-0.25, -0.2) is 8.42 Å². The third kappa shape index (κ3) is 8.11. The normalized spacial score (nSPS) is 14.6. The number of carbonyl (C=O) groups is 2. The van der Waals surface area contributed by atoms with Gasteiger partial charge in [0.1, 0.15) is 12.6 Å². The summed E-state index contributed by atoms with van der Waals surface area (Å²) in [6.45, 7) is 4.99. The van der Waals surface area contributed by atoms with Crippen LogP contribution in [0.25, 0.3) is 0 Å². The summed E-state index contributed by atoms with van der Waals surface area (Å²) in [6, 6.07) is 17.7. The zero-order valence-electron chi connectivity index (χ0n) is 24.9. The van der Waals surface area contributed by atoms with E-state index in [1.165, 1.54) is 17.0 Å². The molecule has 230 valence electrons. The fourth-order valence-corrected chi connectivity index (χ4v) is 7.39. The minimum absolute atomic E-state index is 0.0434. The van der Waals surface area contributed by atoms with Gasteiger partial charge in [-0.05, 0) is 75.1 Å². The van der Waals surface area contributed by atoms with E-state index in [-0.39, 0.29) is 23.4 Å². The molecule has 1 unspecified atom stereocenters. The number of sulfonamides is 1. The zero-order valence-corrected chi connectivity index (χ0v) is 27.2. The molecule has 0 radical (unpaired) electrons. The molecule has 43 heavy (non-hydrogen) atoms. The lowest BCUT2D eigenvalue weighted by molar-refractivity contribution is -0.140. The molecule has 0 aliphatic heterocycles. The van der Waals surface area contributed by atoms with Gasteiger partial charge in [0.15, 0.2) is 0 Å². The predicted molar refractivity (Wildman–Crippen MR) is 173 cm³/mol. The van der Waals surface area contributed by atoms with Crippen LogP contribution in [0.15, 0.2) is 71.6 Å². The summed E-state index contributed by atoms with van der Waals surface area (Å²) >= 11 is 13.0. The van der Waals surface area contributed by atoms with E-state index in [9.17, 15) is 18.0 Å². The molecule has 1 aliphatic rings. The van der Waals surface area contributed by atoms with E-state index >= 15 is 0 Å². The van der Waals surface area contributed by atoms with Crippen molar-refractivity contribution in [3.63, 3.8) is 0 Å². The van der Waals surface area contributed by atoms with E-state index in [2.05, 4.69) is 5.32 Å². The van der Waals surface area contributed by atoms with E-state index in [0.717, 1.165) is 47.5 Å². The molecule has 1 saturated carbocycles. The largest absolute Gasteiger partial charge is 0.352 e. The maximum absolute atomic E-state index is 14.3. The number of halogens is 2. The molecule has 10 heteroatoms. The van der Waals surface area contributed by atoms with Crippen molar-refractivity contribution in [3.8, 4) is 0 Å². The molecule has 2 amide bonds. The first-order chi connectivity index (χ1) is 20.5. The summed E-state index contributed by atoms with van der Waals surface area (Å²) in [6.07, 6.45) is 5.33. The van der Waals surface area contributed by atoms with Gasteiger partial charge in [0.05, 0.1) is 10.6 Å². The fraction of sp³-hybridized carbons (Fsp3) is 0.394. The van der Waals surface area contributed by atoms with Crippen LogP contribution in [-0.2, 0) is 26.2 Å². The molecule has 0 saturated heterocycles. The highest BCUT2D eigenvalue weighted by Crippen LogP contribution is 2.29. The molecule has 1 fully saturated rings. The van der Waals surface area contributed by atoms with Gasteiger partial charge < -0.3 is 10.2 Å². The molecule has 0 aromatic heterocycles. The Kier molecular flexibility index (Phi) is 11.2. The summed E-state index contributed by atoms with van der Waals surface area (Å²) in [5.41, 5.74) is 2.60. The number of nitrogens with zero attached hydrogens (tertiary/aromatic N) is 2. The van der Waals surface area contributed by atoms with Crippen molar-refractivity contribution in [2.75, 3.05) is 10.8 Å². The maximum Gasteiger partial charge on any atom is 0.264 e. The Balaban J connectivity index is 1.74. The summed E-state index contributed by atoms with van der Waals surface area (Å²) in [7, 11) is -4.15. The van der Waals surface area contributed by atoms with Gasteiger partial charge in [-0.3, -0.25) is 13.9 Å². The van der Waals surface area contributed by atoms with Crippen LogP contribution < -0.4 is 9.62 Å². The van der Waals surface area contributed by atoms with Crippen molar-refractivity contribution in [3.05, 3.63) is 93.5 Å². The van der Waals surface area contributed by atoms with Crippen LogP contribution in [-0.4, -0.2) is 43.8 Å². The molecule has 0 heterocycles. The SMILES string of the molecule is CCC(C(=O)NC1CCCCC1)N(Cc1c(Cl)cccc1Cl)C(=O)CN(c1cccc(C)c1)S(=O)(=O)c1ccc(C)cc1. The van der Waals surface area contributed by atoms with Gasteiger partial charge in [0, 0.05) is 28.2 Å². The molecular weight excluding hydrogens is 605 g/mol. The average Bonchev–Trinajstić information content (AvgIpc) is 2.97. The van der Waals surface area contributed by atoms with Crippen molar-refractivity contribution >= 4 is 50.7 Å². The van der Waals surface area contributed by atoms with Crippen LogP contribution in [0.1, 0.15) is 62.1 Å². The quantitative estimate of drug-likeness (QED) is 0.242. The summed E-state index contributed by atoms with van der Waals surface area (Å²) < 4.78 is 29.2. The molecule has 3 aromatic carbocycles. The fourth-order valence-electron chi connectivity index (χ4n) is 5.47. The van der Waals surface area contributed by atoms with Crippen molar-refractivity contribution in [2.45, 2.75) is 82.8 Å². The van der Waals surface area contributed by atoms with Gasteiger partial charge in [0.25, 0.3) is 10.0 Å². The van der Waals surface area contributed by atoms with E-state index < -0.39 is 28.5 Å². The standard InChI is InChI=1S/C33H39Cl2N3O4S/c1-4-31(33(40)36-25-11-6-5-7-12-25)37(21-28-29(34)14-9-15-30(28)35)32(39)22-38(26-13-8-10-24(3)20-26)43(41,42)27-18-16-23(2)17-19-27/h8-10,13-20,25,31H,4-7,11-12,21-22H2,1-3H3,(H,36,40).